The van der Waals surface area contributed by atoms with Crippen LogP contribution in [0.2, 0.25) is 0 Å². The Bertz CT molecular complexity index is 942. The lowest BCUT2D eigenvalue weighted by Crippen LogP contribution is -2.56. The molecule has 1 heterocycles. The summed E-state index contributed by atoms with van der Waals surface area (Å²) < 4.78 is 46.3. The van der Waals surface area contributed by atoms with Crippen LogP contribution in [-0.2, 0) is 0 Å². The molecule has 1 amide bonds. The smallest absolute Gasteiger partial charge is 0.438 e. The first-order valence-electron chi connectivity index (χ1n) is 8.70. The van der Waals surface area contributed by atoms with Gasteiger partial charge in [-0.1, -0.05) is 12.1 Å². The third-order valence-corrected chi connectivity index (χ3v) is 4.67. The van der Waals surface area contributed by atoms with Crippen molar-refractivity contribution in [2.24, 2.45) is 5.10 Å². The zero-order valence-electron chi connectivity index (χ0n) is 16.1. The van der Waals surface area contributed by atoms with Crippen molar-refractivity contribution in [1.29, 1.82) is 0 Å². The van der Waals surface area contributed by atoms with E-state index in [2.05, 4.69) is 5.10 Å². The molecule has 1 aliphatic heterocycles. The van der Waals surface area contributed by atoms with Gasteiger partial charge in [-0.25, -0.2) is 0 Å². The monoisotopic (exact) mass is 407 g/mol. The second kappa shape index (κ2) is 7.40. The van der Waals surface area contributed by atoms with Crippen LogP contribution in [0.3, 0.4) is 0 Å². The SMILES string of the molecule is COc1cccc(C2=NN(C(=O)c3ccc(N(C)C)cc3)[C@@](O)(C(F)(F)F)C2)c1. The van der Waals surface area contributed by atoms with Crippen molar-refractivity contribution < 1.29 is 27.8 Å². The number of alkyl halides is 3. The Hall–Kier alpha value is -3.07. The Labute approximate surface area is 165 Å². The number of rotatable bonds is 4. The third-order valence-electron chi connectivity index (χ3n) is 4.67. The summed E-state index contributed by atoms with van der Waals surface area (Å²) in [5, 5.41) is 14.4. The predicted octanol–water partition coefficient (Wildman–Crippen LogP) is 3.26. The topological polar surface area (TPSA) is 65.4 Å². The van der Waals surface area contributed by atoms with Crippen LogP contribution in [0, 0.1) is 0 Å². The van der Waals surface area contributed by atoms with Gasteiger partial charge in [0.15, 0.2) is 0 Å². The third kappa shape index (κ3) is 3.77. The number of amides is 1. The van der Waals surface area contributed by atoms with E-state index in [1.807, 2.05) is 0 Å². The van der Waals surface area contributed by atoms with Crippen LogP contribution in [0.25, 0.3) is 0 Å². The van der Waals surface area contributed by atoms with E-state index in [0.29, 0.717) is 11.3 Å². The van der Waals surface area contributed by atoms with E-state index < -0.39 is 24.2 Å². The highest BCUT2D eigenvalue weighted by molar-refractivity contribution is 6.05. The van der Waals surface area contributed by atoms with Crippen molar-refractivity contribution in [1.82, 2.24) is 5.01 Å². The maximum Gasteiger partial charge on any atom is 0.438 e. The van der Waals surface area contributed by atoms with Crippen LogP contribution in [-0.4, -0.2) is 54.8 Å². The van der Waals surface area contributed by atoms with Gasteiger partial charge in [-0.2, -0.15) is 23.3 Å². The fourth-order valence-electron chi connectivity index (χ4n) is 2.97. The molecule has 0 aromatic heterocycles. The number of nitrogens with zero attached hydrogens (tertiary/aromatic N) is 3. The van der Waals surface area contributed by atoms with Crippen LogP contribution in [0.4, 0.5) is 18.9 Å². The minimum atomic E-state index is -5.10. The van der Waals surface area contributed by atoms with Crippen LogP contribution >= 0.6 is 0 Å². The highest BCUT2D eigenvalue weighted by Crippen LogP contribution is 2.42. The van der Waals surface area contributed by atoms with Crippen molar-refractivity contribution in [3.63, 3.8) is 0 Å². The van der Waals surface area contributed by atoms with Crippen LogP contribution in [0.1, 0.15) is 22.3 Å². The van der Waals surface area contributed by atoms with Gasteiger partial charge in [0.25, 0.3) is 11.6 Å². The number of hydrogen-bond donors (Lipinski definition) is 1. The van der Waals surface area contributed by atoms with E-state index in [0.717, 1.165) is 5.69 Å². The summed E-state index contributed by atoms with van der Waals surface area (Å²) in [6, 6.07) is 12.2. The standard InChI is InChI=1S/C20H20F3N3O3/c1-25(2)15-9-7-13(8-10-15)18(27)26-19(28,20(21,22)23)12-17(24-26)14-5-4-6-16(11-14)29-3/h4-11,28H,12H2,1-3H3/t19-/m0/s1. The van der Waals surface area contributed by atoms with Gasteiger partial charge in [0.2, 0.25) is 0 Å². The number of carbonyl (C=O) groups is 1. The van der Waals surface area contributed by atoms with Gasteiger partial charge in [-0.3, -0.25) is 4.79 Å². The number of hydrazone groups is 1. The lowest BCUT2D eigenvalue weighted by Gasteiger charge is -2.32. The van der Waals surface area contributed by atoms with Gasteiger partial charge < -0.3 is 14.7 Å². The number of ether oxygens (including phenoxy) is 1. The lowest BCUT2D eigenvalue weighted by molar-refractivity contribution is -0.297. The molecule has 1 aliphatic rings. The van der Waals surface area contributed by atoms with Gasteiger partial charge in [0, 0.05) is 30.9 Å². The highest BCUT2D eigenvalue weighted by atomic mass is 19.4. The van der Waals surface area contributed by atoms with Crippen molar-refractivity contribution in [2.75, 3.05) is 26.1 Å². The molecule has 0 saturated carbocycles. The first-order valence-corrected chi connectivity index (χ1v) is 8.70. The van der Waals surface area contributed by atoms with Crippen molar-refractivity contribution in [2.45, 2.75) is 18.3 Å². The molecule has 0 aliphatic carbocycles. The largest absolute Gasteiger partial charge is 0.497 e. The van der Waals surface area contributed by atoms with E-state index >= 15 is 0 Å². The van der Waals surface area contributed by atoms with Gasteiger partial charge in [0.05, 0.1) is 19.2 Å². The first-order chi connectivity index (χ1) is 13.6. The Kier molecular flexibility index (Phi) is 5.27. The zero-order valence-corrected chi connectivity index (χ0v) is 16.1. The Morgan fingerprint density at radius 2 is 1.86 bits per heavy atom. The molecule has 2 aromatic carbocycles. The molecule has 0 bridgehead atoms. The van der Waals surface area contributed by atoms with Gasteiger partial charge in [0.1, 0.15) is 5.75 Å². The normalized spacial score (nSPS) is 19.1. The van der Waals surface area contributed by atoms with E-state index in [9.17, 15) is 23.1 Å². The average Bonchev–Trinajstić information content (AvgIpc) is 3.06. The molecule has 1 atom stereocenters. The highest BCUT2D eigenvalue weighted by Gasteiger charge is 2.63. The second-order valence-corrected chi connectivity index (χ2v) is 6.83. The number of benzene rings is 2. The molecule has 29 heavy (non-hydrogen) atoms. The fourth-order valence-corrected chi connectivity index (χ4v) is 2.97. The molecular formula is C20H20F3N3O3. The maximum atomic E-state index is 13.7. The predicted molar refractivity (Wildman–Crippen MR) is 102 cm³/mol. The fraction of sp³-hybridized carbons (Fsp3) is 0.300. The molecule has 0 fully saturated rings. The molecule has 9 heteroatoms. The summed E-state index contributed by atoms with van der Waals surface area (Å²) >= 11 is 0. The summed E-state index contributed by atoms with van der Waals surface area (Å²) in [6.45, 7) is 0. The van der Waals surface area contributed by atoms with Gasteiger partial charge in [-0.15, -0.1) is 0 Å². The van der Waals surface area contributed by atoms with Gasteiger partial charge >= 0.3 is 6.18 Å². The molecule has 0 spiro atoms. The summed E-state index contributed by atoms with van der Waals surface area (Å²) in [4.78, 5) is 14.6. The van der Waals surface area contributed by atoms with Crippen LogP contribution < -0.4 is 9.64 Å². The number of hydrogen-bond acceptors (Lipinski definition) is 5. The Morgan fingerprint density at radius 1 is 1.21 bits per heavy atom. The van der Waals surface area contributed by atoms with Crippen LogP contribution in [0.5, 0.6) is 5.75 Å². The van der Waals surface area contributed by atoms with Crippen molar-refractivity contribution in [3.8, 4) is 5.75 Å². The van der Waals surface area contributed by atoms with Crippen LogP contribution in [0.15, 0.2) is 53.6 Å². The van der Waals surface area contributed by atoms with E-state index in [1.165, 1.54) is 31.4 Å². The first kappa shape index (κ1) is 20.7. The van der Waals surface area contributed by atoms with E-state index in [-0.39, 0.29) is 16.3 Å². The number of halogens is 3. The zero-order chi connectivity index (χ0) is 21.4. The quantitative estimate of drug-likeness (QED) is 0.845. The Balaban J connectivity index is 2.01. The van der Waals surface area contributed by atoms with Gasteiger partial charge in [-0.05, 0) is 36.4 Å². The summed E-state index contributed by atoms with van der Waals surface area (Å²) in [5.74, 6) is -0.627. The summed E-state index contributed by atoms with van der Waals surface area (Å²) in [6.07, 6.45) is -5.98. The van der Waals surface area contributed by atoms with E-state index in [1.54, 1.807) is 43.3 Å². The van der Waals surface area contributed by atoms with Crippen molar-refractivity contribution >= 4 is 17.3 Å². The number of carbonyl (C=O) groups excluding carboxylic acids is 1. The van der Waals surface area contributed by atoms with E-state index in [4.69, 9.17) is 4.74 Å². The number of anilines is 1. The Morgan fingerprint density at radius 3 is 2.41 bits per heavy atom. The molecule has 0 saturated heterocycles. The molecular weight excluding hydrogens is 387 g/mol. The minimum Gasteiger partial charge on any atom is -0.497 e. The molecule has 3 rings (SSSR count). The van der Waals surface area contributed by atoms with Crippen molar-refractivity contribution in [3.05, 3.63) is 59.7 Å². The molecule has 1 N–H and O–H groups in total. The molecule has 6 nitrogen and oxygen atoms in total. The molecule has 154 valence electrons. The summed E-state index contributed by atoms with van der Waals surface area (Å²) in [5.41, 5.74) is -2.43. The molecule has 0 radical (unpaired) electrons. The molecule has 0 unspecified atom stereocenters. The summed E-state index contributed by atoms with van der Waals surface area (Å²) in [7, 11) is 5.02. The second-order valence-electron chi connectivity index (χ2n) is 6.83. The lowest BCUT2D eigenvalue weighted by atomic mass is 10.0. The average molecular weight is 407 g/mol. The maximum absolute atomic E-state index is 13.7. The molecule has 2 aromatic rings. The number of aliphatic hydroxyl groups is 1. The number of methoxy groups -OCH3 is 1. The minimum absolute atomic E-state index is 0.0195.